The van der Waals surface area contributed by atoms with Crippen LogP contribution in [0, 0.1) is 0 Å². The minimum Gasteiger partial charge on any atom is -0.353 e. The Balaban J connectivity index is 1.83. The smallest absolute Gasteiger partial charge is 0.225 e. The van der Waals surface area contributed by atoms with Gasteiger partial charge in [-0.1, -0.05) is 0 Å². The lowest BCUT2D eigenvalue weighted by Gasteiger charge is -2.13. The van der Waals surface area contributed by atoms with Gasteiger partial charge in [0.1, 0.15) is 5.82 Å². The number of likely N-dealkylation sites (N-methyl/N-ethyl adjacent to an activating group) is 1. The number of carbonyl (C=O) groups is 1. The van der Waals surface area contributed by atoms with E-state index in [9.17, 15) is 4.79 Å². The molecule has 0 spiro atoms. The van der Waals surface area contributed by atoms with Gasteiger partial charge in [-0.05, 0) is 50.5 Å². The molecule has 0 radical (unpaired) electrons. The summed E-state index contributed by atoms with van der Waals surface area (Å²) in [5.74, 6) is 1.13. The van der Waals surface area contributed by atoms with E-state index in [1.807, 2.05) is 56.6 Å². The summed E-state index contributed by atoms with van der Waals surface area (Å²) in [6.45, 7) is 3.09. The summed E-state index contributed by atoms with van der Waals surface area (Å²) in [7, 11) is 4.04. The van der Waals surface area contributed by atoms with Gasteiger partial charge in [0.2, 0.25) is 11.9 Å². The molecular formula is C21H25N7O. The molecule has 150 valence electrons. The zero-order valence-corrected chi connectivity index (χ0v) is 16.8. The van der Waals surface area contributed by atoms with Gasteiger partial charge in [0.05, 0.1) is 5.69 Å². The van der Waals surface area contributed by atoms with Crippen molar-refractivity contribution in [3.8, 4) is 11.3 Å². The van der Waals surface area contributed by atoms with Crippen molar-refractivity contribution >= 4 is 29.0 Å². The first-order chi connectivity index (χ1) is 14.0. The zero-order chi connectivity index (χ0) is 20.6. The highest BCUT2D eigenvalue weighted by Crippen LogP contribution is 2.24. The Bertz CT molecular complexity index is 943. The summed E-state index contributed by atoms with van der Waals surface area (Å²) in [6, 6.07) is 13.2. The lowest BCUT2D eigenvalue weighted by atomic mass is 10.2. The van der Waals surface area contributed by atoms with Crippen molar-refractivity contribution in [3.63, 3.8) is 0 Å². The van der Waals surface area contributed by atoms with Gasteiger partial charge in [0.25, 0.3) is 0 Å². The molecule has 29 heavy (non-hydrogen) atoms. The van der Waals surface area contributed by atoms with E-state index < -0.39 is 0 Å². The molecule has 2 heterocycles. The van der Waals surface area contributed by atoms with Crippen LogP contribution in [0.25, 0.3) is 11.3 Å². The normalized spacial score (nSPS) is 10.6. The van der Waals surface area contributed by atoms with Crippen LogP contribution in [0.4, 0.5) is 23.1 Å². The number of hydrogen-bond acceptors (Lipinski definition) is 7. The van der Waals surface area contributed by atoms with E-state index in [2.05, 4.69) is 35.8 Å². The van der Waals surface area contributed by atoms with Crippen LogP contribution in [0.3, 0.4) is 0 Å². The number of nitrogens with one attached hydrogen (secondary N) is 3. The van der Waals surface area contributed by atoms with Crippen LogP contribution >= 0.6 is 0 Å². The highest BCUT2D eigenvalue weighted by molar-refractivity contribution is 5.88. The van der Waals surface area contributed by atoms with Crippen molar-refractivity contribution in [2.75, 3.05) is 43.1 Å². The largest absolute Gasteiger partial charge is 0.353 e. The fraction of sp³-hybridized carbons (Fsp3) is 0.238. The molecule has 0 aliphatic carbocycles. The molecule has 8 heteroatoms. The summed E-state index contributed by atoms with van der Waals surface area (Å²) in [6.07, 6.45) is 3.48. The molecule has 0 atom stereocenters. The maximum atomic E-state index is 11.2. The minimum absolute atomic E-state index is 0.100. The lowest BCUT2D eigenvalue weighted by Crippen LogP contribution is -2.21. The van der Waals surface area contributed by atoms with Crippen LogP contribution in [-0.4, -0.2) is 52.9 Å². The van der Waals surface area contributed by atoms with E-state index in [0.29, 0.717) is 11.8 Å². The molecule has 3 N–H and O–H groups in total. The Morgan fingerprint density at radius 2 is 1.69 bits per heavy atom. The van der Waals surface area contributed by atoms with E-state index in [1.54, 1.807) is 12.4 Å². The van der Waals surface area contributed by atoms with E-state index in [-0.39, 0.29) is 5.91 Å². The fourth-order valence-electron chi connectivity index (χ4n) is 2.64. The summed E-state index contributed by atoms with van der Waals surface area (Å²) in [4.78, 5) is 26.6. The van der Waals surface area contributed by atoms with Gasteiger partial charge < -0.3 is 20.9 Å². The summed E-state index contributed by atoms with van der Waals surface area (Å²) >= 11 is 0. The van der Waals surface area contributed by atoms with Crippen LogP contribution in [-0.2, 0) is 4.79 Å². The maximum Gasteiger partial charge on any atom is 0.225 e. The van der Waals surface area contributed by atoms with Gasteiger partial charge in [-0.15, -0.1) is 0 Å². The topological polar surface area (TPSA) is 95.1 Å². The van der Waals surface area contributed by atoms with Crippen molar-refractivity contribution in [2.24, 2.45) is 0 Å². The molecule has 8 nitrogen and oxygen atoms in total. The number of benzene rings is 1. The average molecular weight is 391 g/mol. The minimum atomic E-state index is -0.100. The molecule has 0 fully saturated rings. The first-order valence-electron chi connectivity index (χ1n) is 9.32. The summed E-state index contributed by atoms with van der Waals surface area (Å²) in [5.41, 5.74) is 3.36. The Kier molecular flexibility index (Phi) is 6.70. The predicted molar refractivity (Wildman–Crippen MR) is 116 cm³/mol. The molecule has 1 amide bonds. The van der Waals surface area contributed by atoms with E-state index >= 15 is 0 Å². The van der Waals surface area contributed by atoms with Crippen molar-refractivity contribution in [3.05, 3.63) is 54.9 Å². The molecule has 0 saturated heterocycles. The number of hydrogen-bond donors (Lipinski definition) is 3. The molecule has 3 aromatic rings. The first kappa shape index (κ1) is 20.2. The quantitative estimate of drug-likeness (QED) is 0.543. The maximum absolute atomic E-state index is 11.2. The lowest BCUT2D eigenvalue weighted by molar-refractivity contribution is -0.114. The molecule has 2 aromatic heterocycles. The fourth-order valence-corrected chi connectivity index (χ4v) is 2.64. The molecule has 0 aliphatic heterocycles. The number of anilines is 4. The third-order valence-electron chi connectivity index (χ3n) is 4.02. The molecule has 0 unspecified atom stereocenters. The van der Waals surface area contributed by atoms with Crippen LogP contribution in [0.1, 0.15) is 6.92 Å². The van der Waals surface area contributed by atoms with Gasteiger partial charge in [0, 0.05) is 55.4 Å². The third kappa shape index (κ3) is 6.25. The molecule has 0 saturated carbocycles. The van der Waals surface area contributed by atoms with Crippen LogP contribution < -0.4 is 16.0 Å². The summed E-state index contributed by atoms with van der Waals surface area (Å²) in [5, 5.41) is 9.34. The number of aromatic nitrogens is 3. The number of amides is 1. The number of pyridine rings is 1. The second kappa shape index (κ2) is 9.61. The summed E-state index contributed by atoms with van der Waals surface area (Å²) < 4.78 is 0. The van der Waals surface area contributed by atoms with Crippen molar-refractivity contribution in [1.82, 2.24) is 19.9 Å². The number of rotatable bonds is 8. The van der Waals surface area contributed by atoms with Crippen LogP contribution in [0.2, 0.25) is 0 Å². The van der Waals surface area contributed by atoms with Gasteiger partial charge in [-0.25, -0.2) is 4.98 Å². The van der Waals surface area contributed by atoms with Gasteiger partial charge in [0.15, 0.2) is 0 Å². The van der Waals surface area contributed by atoms with Crippen molar-refractivity contribution in [1.29, 1.82) is 0 Å². The monoisotopic (exact) mass is 391 g/mol. The second-order valence-corrected chi connectivity index (χ2v) is 6.81. The number of nitrogens with zero attached hydrogens (tertiary/aromatic N) is 4. The van der Waals surface area contributed by atoms with Gasteiger partial charge in [-0.3, -0.25) is 9.78 Å². The molecular weight excluding hydrogens is 366 g/mol. The zero-order valence-electron chi connectivity index (χ0n) is 16.8. The predicted octanol–water partition coefficient (Wildman–Crippen LogP) is 3.21. The van der Waals surface area contributed by atoms with Gasteiger partial charge in [-0.2, -0.15) is 4.98 Å². The van der Waals surface area contributed by atoms with Crippen LogP contribution in [0.15, 0.2) is 54.9 Å². The van der Waals surface area contributed by atoms with Crippen molar-refractivity contribution in [2.45, 2.75) is 6.92 Å². The highest BCUT2D eigenvalue weighted by atomic mass is 16.1. The highest BCUT2D eigenvalue weighted by Gasteiger charge is 2.08. The SMILES string of the molecule is CC(=O)Nc1ccc(Nc2cc(-c3ccncc3)nc(NCCN(C)C)n2)cc1. The first-order valence-corrected chi connectivity index (χ1v) is 9.32. The van der Waals surface area contributed by atoms with Gasteiger partial charge >= 0.3 is 0 Å². The Labute approximate surface area is 170 Å². The molecule has 3 rings (SSSR count). The second-order valence-electron chi connectivity index (χ2n) is 6.81. The van der Waals surface area contributed by atoms with E-state index in [4.69, 9.17) is 0 Å². The standard InChI is InChI=1S/C21H25N7O/c1-15(29)24-17-4-6-18(7-5-17)25-20-14-19(16-8-10-22-11-9-16)26-21(27-20)23-12-13-28(2)3/h4-11,14H,12-13H2,1-3H3,(H,24,29)(H2,23,25,26,27). The third-order valence-corrected chi connectivity index (χ3v) is 4.02. The molecule has 1 aromatic carbocycles. The Morgan fingerprint density at radius 3 is 2.34 bits per heavy atom. The molecule has 0 aliphatic rings. The number of carbonyl (C=O) groups excluding carboxylic acids is 1. The van der Waals surface area contributed by atoms with E-state index in [1.165, 1.54) is 6.92 Å². The average Bonchev–Trinajstić information content (AvgIpc) is 2.69. The van der Waals surface area contributed by atoms with Crippen molar-refractivity contribution < 1.29 is 4.79 Å². The molecule has 0 bridgehead atoms. The van der Waals surface area contributed by atoms with E-state index in [0.717, 1.165) is 35.7 Å². The Hall–Kier alpha value is -3.52. The Morgan fingerprint density at radius 1 is 1.00 bits per heavy atom. The van der Waals surface area contributed by atoms with Crippen LogP contribution in [0.5, 0.6) is 0 Å².